The van der Waals surface area contributed by atoms with Crippen LogP contribution in [0.15, 0.2) is 84.9 Å². The van der Waals surface area contributed by atoms with E-state index in [9.17, 15) is 15.0 Å². The van der Waals surface area contributed by atoms with Gasteiger partial charge >= 0.3 is 5.97 Å². The van der Waals surface area contributed by atoms with Crippen LogP contribution in [0, 0.1) is 0 Å². The van der Waals surface area contributed by atoms with Crippen molar-refractivity contribution in [1.82, 2.24) is 4.98 Å². The maximum absolute atomic E-state index is 11.5. The normalized spacial score (nSPS) is 13.0. The number of ether oxygens (including phenoxy) is 1. The lowest BCUT2D eigenvalue weighted by molar-refractivity contribution is -0.147. The largest absolute Gasteiger partial charge is 0.497 e. The molecular formula is C27H24N2O4. The standard InChI is InChI=1S/C27H24N2O4/c1-33-23-15-11-20(12-16-23)25(26(30)27(31)32)29-22-7-4-5-18(17-22)9-13-21-14-10-19-6-2-3-8-24(19)28-21/h2-17,25-26,29-30H,1H3,(H,31,32)/b13-9+. The second kappa shape index (κ2) is 9.97. The summed E-state index contributed by atoms with van der Waals surface area (Å²) in [5, 5.41) is 24.0. The zero-order chi connectivity index (χ0) is 23.2. The average Bonchev–Trinajstić information content (AvgIpc) is 2.86. The minimum atomic E-state index is -1.63. The maximum atomic E-state index is 11.5. The Labute approximate surface area is 191 Å². The molecule has 0 saturated heterocycles. The van der Waals surface area contributed by atoms with E-state index in [0.29, 0.717) is 17.0 Å². The Morgan fingerprint density at radius 3 is 2.52 bits per heavy atom. The summed E-state index contributed by atoms with van der Waals surface area (Å²) in [6.07, 6.45) is 2.25. The van der Waals surface area contributed by atoms with E-state index in [1.807, 2.05) is 72.8 Å². The Kier molecular flexibility index (Phi) is 6.66. The molecule has 0 aliphatic rings. The topological polar surface area (TPSA) is 91.7 Å². The zero-order valence-corrected chi connectivity index (χ0v) is 18.1. The van der Waals surface area contributed by atoms with Crippen LogP contribution in [0.1, 0.15) is 22.9 Å². The van der Waals surface area contributed by atoms with Gasteiger partial charge < -0.3 is 20.3 Å². The number of rotatable bonds is 8. The molecule has 166 valence electrons. The number of nitrogens with zero attached hydrogens (tertiary/aromatic N) is 1. The number of aliphatic carboxylic acids is 1. The van der Waals surface area contributed by atoms with Crippen LogP contribution in [0.25, 0.3) is 23.1 Å². The number of aliphatic hydroxyl groups is 1. The lowest BCUT2D eigenvalue weighted by Crippen LogP contribution is -2.32. The number of hydrogen-bond acceptors (Lipinski definition) is 5. The van der Waals surface area contributed by atoms with Crippen molar-refractivity contribution in [3.05, 3.63) is 102 Å². The third-order valence-electron chi connectivity index (χ3n) is 5.32. The van der Waals surface area contributed by atoms with Crippen molar-refractivity contribution in [2.75, 3.05) is 12.4 Å². The van der Waals surface area contributed by atoms with Gasteiger partial charge in [0.2, 0.25) is 0 Å². The predicted octanol–water partition coefficient (Wildman–Crippen LogP) is 5.01. The van der Waals surface area contributed by atoms with Crippen LogP contribution in [0.3, 0.4) is 0 Å². The van der Waals surface area contributed by atoms with Crippen molar-refractivity contribution in [3.63, 3.8) is 0 Å². The summed E-state index contributed by atoms with van der Waals surface area (Å²) in [5.74, 6) is -0.654. The molecule has 6 heteroatoms. The summed E-state index contributed by atoms with van der Waals surface area (Å²) >= 11 is 0. The molecule has 3 aromatic carbocycles. The minimum absolute atomic E-state index is 0.631. The molecule has 1 heterocycles. The smallest absolute Gasteiger partial charge is 0.335 e. The number of pyridine rings is 1. The number of carboxylic acid groups (broad SMARTS) is 1. The van der Waals surface area contributed by atoms with E-state index in [2.05, 4.69) is 10.3 Å². The zero-order valence-electron chi connectivity index (χ0n) is 18.1. The average molecular weight is 440 g/mol. The van der Waals surface area contributed by atoms with Crippen molar-refractivity contribution in [1.29, 1.82) is 0 Å². The predicted molar refractivity (Wildman–Crippen MR) is 130 cm³/mol. The molecule has 2 unspecified atom stereocenters. The van der Waals surface area contributed by atoms with Gasteiger partial charge in [0, 0.05) is 11.1 Å². The van der Waals surface area contributed by atoms with Gasteiger partial charge in [0.05, 0.1) is 24.4 Å². The minimum Gasteiger partial charge on any atom is -0.497 e. The molecule has 0 aliphatic carbocycles. The summed E-state index contributed by atoms with van der Waals surface area (Å²) in [6.45, 7) is 0. The van der Waals surface area contributed by atoms with Crippen LogP contribution < -0.4 is 10.1 Å². The molecule has 0 aliphatic heterocycles. The van der Waals surface area contributed by atoms with Gasteiger partial charge in [-0.1, -0.05) is 54.6 Å². The number of methoxy groups -OCH3 is 1. The van der Waals surface area contributed by atoms with Crippen molar-refractivity contribution < 1.29 is 19.7 Å². The fourth-order valence-electron chi connectivity index (χ4n) is 3.57. The Balaban J connectivity index is 1.56. The highest BCUT2D eigenvalue weighted by Crippen LogP contribution is 2.26. The van der Waals surface area contributed by atoms with E-state index in [1.165, 1.54) is 0 Å². The van der Waals surface area contributed by atoms with Crippen LogP contribution >= 0.6 is 0 Å². The molecule has 0 amide bonds. The molecule has 2 atom stereocenters. The van der Waals surface area contributed by atoms with Gasteiger partial charge in [-0.3, -0.25) is 0 Å². The highest BCUT2D eigenvalue weighted by Gasteiger charge is 2.27. The molecule has 0 fully saturated rings. The van der Waals surface area contributed by atoms with Gasteiger partial charge in [-0.25, -0.2) is 9.78 Å². The Morgan fingerprint density at radius 1 is 0.970 bits per heavy atom. The number of aromatic nitrogens is 1. The number of anilines is 1. The molecule has 3 N–H and O–H groups in total. The summed E-state index contributed by atoms with van der Waals surface area (Å²) < 4.78 is 5.17. The summed E-state index contributed by atoms with van der Waals surface area (Å²) in [6, 6.07) is 25.6. The third kappa shape index (κ3) is 5.37. The lowest BCUT2D eigenvalue weighted by atomic mass is 10.0. The SMILES string of the molecule is COc1ccc(C(Nc2cccc(/C=C/c3ccc4ccccc4n3)c2)C(O)C(=O)O)cc1. The number of nitrogens with one attached hydrogen (secondary N) is 1. The van der Waals surface area contributed by atoms with E-state index in [1.54, 1.807) is 31.4 Å². The first-order valence-electron chi connectivity index (χ1n) is 10.5. The molecule has 0 bridgehead atoms. The van der Waals surface area contributed by atoms with E-state index in [4.69, 9.17) is 4.74 Å². The molecule has 6 nitrogen and oxygen atoms in total. The molecular weight excluding hydrogens is 416 g/mol. The Hall–Kier alpha value is -4.16. The second-order valence-corrected chi connectivity index (χ2v) is 7.57. The summed E-state index contributed by atoms with van der Waals surface area (Å²) in [5.41, 5.74) is 3.99. The van der Waals surface area contributed by atoms with Crippen LogP contribution in [0.5, 0.6) is 5.75 Å². The molecule has 4 aromatic rings. The number of carboxylic acids is 1. The highest BCUT2D eigenvalue weighted by atomic mass is 16.5. The number of para-hydroxylation sites is 1. The lowest BCUT2D eigenvalue weighted by Gasteiger charge is -2.23. The van der Waals surface area contributed by atoms with Gasteiger partial charge in [-0.2, -0.15) is 0 Å². The first-order chi connectivity index (χ1) is 16.0. The highest BCUT2D eigenvalue weighted by molar-refractivity contribution is 5.81. The molecule has 0 radical (unpaired) electrons. The van der Waals surface area contributed by atoms with Crippen LogP contribution in [0.4, 0.5) is 5.69 Å². The first-order valence-corrected chi connectivity index (χ1v) is 10.5. The maximum Gasteiger partial charge on any atom is 0.335 e. The Morgan fingerprint density at radius 2 is 1.76 bits per heavy atom. The molecule has 1 aromatic heterocycles. The van der Waals surface area contributed by atoms with Gasteiger partial charge in [0.25, 0.3) is 0 Å². The summed E-state index contributed by atoms with van der Waals surface area (Å²) in [4.78, 5) is 16.2. The van der Waals surface area contributed by atoms with Crippen molar-refractivity contribution >= 4 is 34.7 Å². The van der Waals surface area contributed by atoms with Crippen LogP contribution in [0.2, 0.25) is 0 Å². The summed E-state index contributed by atoms with van der Waals surface area (Å²) in [7, 11) is 1.56. The number of aliphatic hydroxyl groups excluding tert-OH is 1. The number of benzene rings is 3. The molecule has 0 saturated carbocycles. The Bertz CT molecular complexity index is 1280. The van der Waals surface area contributed by atoms with E-state index >= 15 is 0 Å². The molecule has 33 heavy (non-hydrogen) atoms. The van der Waals surface area contributed by atoms with Crippen molar-refractivity contribution in [3.8, 4) is 5.75 Å². The fraction of sp³-hybridized carbons (Fsp3) is 0.111. The van der Waals surface area contributed by atoms with Gasteiger partial charge in [-0.15, -0.1) is 0 Å². The quantitative estimate of drug-likeness (QED) is 0.357. The third-order valence-corrected chi connectivity index (χ3v) is 5.32. The van der Waals surface area contributed by atoms with Crippen LogP contribution in [-0.4, -0.2) is 34.4 Å². The molecule has 4 rings (SSSR count). The van der Waals surface area contributed by atoms with Gasteiger partial charge in [0.1, 0.15) is 5.75 Å². The number of hydrogen-bond donors (Lipinski definition) is 3. The van der Waals surface area contributed by atoms with Crippen molar-refractivity contribution in [2.45, 2.75) is 12.1 Å². The van der Waals surface area contributed by atoms with Crippen molar-refractivity contribution in [2.24, 2.45) is 0 Å². The number of carbonyl (C=O) groups is 1. The van der Waals surface area contributed by atoms with Crippen LogP contribution in [-0.2, 0) is 4.79 Å². The van der Waals surface area contributed by atoms with Gasteiger partial charge in [-0.05, 0) is 53.6 Å². The van der Waals surface area contributed by atoms with E-state index in [-0.39, 0.29) is 0 Å². The first kappa shape index (κ1) is 22.0. The second-order valence-electron chi connectivity index (χ2n) is 7.57. The monoisotopic (exact) mass is 440 g/mol. The van der Waals surface area contributed by atoms with E-state index in [0.717, 1.165) is 22.2 Å². The van der Waals surface area contributed by atoms with E-state index < -0.39 is 18.1 Å². The molecule has 0 spiro atoms. The number of fused-ring (bicyclic) bond motifs is 1. The fourth-order valence-corrected chi connectivity index (χ4v) is 3.57. The van der Waals surface area contributed by atoms with Gasteiger partial charge in [0.15, 0.2) is 6.10 Å².